The van der Waals surface area contributed by atoms with E-state index < -0.39 is 0 Å². The molecular weight excluding hydrogens is 266 g/mol. The van der Waals surface area contributed by atoms with E-state index in [9.17, 15) is 0 Å². The van der Waals surface area contributed by atoms with E-state index in [2.05, 4.69) is 20.8 Å². The highest BCUT2D eigenvalue weighted by atomic mass is 35.5. The molecule has 1 aromatic carbocycles. The minimum Gasteiger partial charge on any atom is -0.381 e. The number of hydrogen-bond acceptors (Lipinski definition) is 5. The maximum absolute atomic E-state index is 6.20. The molecule has 6 nitrogen and oxygen atoms in total. The van der Waals surface area contributed by atoms with Crippen LogP contribution in [-0.4, -0.2) is 39.5 Å². The molecule has 1 N–H and O–H groups in total. The predicted octanol–water partition coefficient (Wildman–Crippen LogP) is 1.90. The van der Waals surface area contributed by atoms with E-state index in [1.165, 1.54) is 0 Å². The molecule has 0 amide bonds. The SMILES string of the molecule is COC1CC(Nc2cc(-n3cnnn3)ccc2Cl)C1. The lowest BCUT2D eigenvalue weighted by Gasteiger charge is -2.35. The van der Waals surface area contributed by atoms with Crippen molar-refractivity contribution in [1.82, 2.24) is 20.2 Å². The summed E-state index contributed by atoms with van der Waals surface area (Å²) in [4.78, 5) is 0. The summed E-state index contributed by atoms with van der Waals surface area (Å²) in [5.41, 5.74) is 1.77. The Morgan fingerprint density at radius 3 is 2.95 bits per heavy atom. The first-order valence-electron chi connectivity index (χ1n) is 6.08. The number of tetrazole rings is 1. The van der Waals surface area contributed by atoms with Crippen molar-refractivity contribution in [2.45, 2.75) is 25.0 Å². The first kappa shape index (κ1) is 12.4. The van der Waals surface area contributed by atoms with Gasteiger partial charge in [-0.05, 0) is 41.5 Å². The van der Waals surface area contributed by atoms with Crippen molar-refractivity contribution < 1.29 is 4.74 Å². The van der Waals surface area contributed by atoms with Gasteiger partial charge < -0.3 is 10.1 Å². The summed E-state index contributed by atoms with van der Waals surface area (Å²) in [7, 11) is 1.74. The van der Waals surface area contributed by atoms with Gasteiger partial charge >= 0.3 is 0 Å². The number of benzene rings is 1. The van der Waals surface area contributed by atoms with Crippen LogP contribution in [0, 0.1) is 0 Å². The fourth-order valence-corrected chi connectivity index (χ4v) is 2.31. The van der Waals surface area contributed by atoms with Crippen molar-refractivity contribution >= 4 is 17.3 Å². The Hall–Kier alpha value is -1.66. The molecule has 0 saturated heterocycles. The molecule has 100 valence electrons. The number of ether oxygens (including phenoxy) is 1. The molecule has 2 aromatic rings. The lowest BCUT2D eigenvalue weighted by atomic mass is 9.89. The standard InChI is InChI=1S/C12H14ClN5O/c1-19-10-4-8(5-10)15-12-6-9(2-3-11(12)13)18-7-14-16-17-18/h2-3,6-8,10,15H,4-5H2,1H3. The zero-order valence-corrected chi connectivity index (χ0v) is 11.2. The summed E-state index contributed by atoms with van der Waals surface area (Å²) in [6.07, 6.45) is 3.92. The summed E-state index contributed by atoms with van der Waals surface area (Å²) >= 11 is 6.20. The quantitative estimate of drug-likeness (QED) is 0.926. The number of nitrogens with zero attached hydrogens (tertiary/aromatic N) is 4. The van der Waals surface area contributed by atoms with Crippen LogP contribution in [0.3, 0.4) is 0 Å². The molecule has 0 aliphatic heterocycles. The van der Waals surface area contributed by atoms with Crippen LogP contribution in [0.4, 0.5) is 5.69 Å². The van der Waals surface area contributed by atoms with E-state index in [0.29, 0.717) is 17.2 Å². The third-order valence-corrected chi connectivity index (χ3v) is 3.68. The van der Waals surface area contributed by atoms with Crippen molar-refractivity contribution in [3.05, 3.63) is 29.5 Å². The summed E-state index contributed by atoms with van der Waals surface area (Å²) in [6.45, 7) is 0. The molecule has 3 rings (SSSR count). The highest BCUT2D eigenvalue weighted by Crippen LogP contribution is 2.30. The molecule has 1 fully saturated rings. The maximum Gasteiger partial charge on any atom is 0.143 e. The monoisotopic (exact) mass is 279 g/mol. The zero-order valence-electron chi connectivity index (χ0n) is 10.5. The van der Waals surface area contributed by atoms with Crippen molar-refractivity contribution in [1.29, 1.82) is 0 Å². The highest BCUT2D eigenvalue weighted by molar-refractivity contribution is 6.33. The van der Waals surface area contributed by atoms with Crippen LogP contribution >= 0.6 is 11.6 Å². The highest BCUT2D eigenvalue weighted by Gasteiger charge is 2.29. The van der Waals surface area contributed by atoms with Gasteiger partial charge in [-0.1, -0.05) is 11.6 Å². The largest absolute Gasteiger partial charge is 0.381 e. The molecule has 0 radical (unpaired) electrons. The van der Waals surface area contributed by atoms with Crippen LogP contribution in [0.25, 0.3) is 5.69 Å². The van der Waals surface area contributed by atoms with Crippen molar-refractivity contribution in [3.63, 3.8) is 0 Å². The normalized spacial score (nSPS) is 22.0. The van der Waals surface area contributed by atoms with Gasteiger partial charge in [0.2, 0.25) is 0 Å². The number of halogens is 1. The minimum absolute atomic E-state index is 0.360. The van der Waals surface area contributed by atoms with Crippen LogP contribution in [0.5, 0.6) is 0 Å². The Morgan fingerprint density at radius 1 is 1.42 bits per heavy atom. The predicted molar refractivity (Wildman–Crippen MR) is 71.6 cm³/mol. The fourth-order valence-electron chi connectivity index (χ4n) is 2.14. The van der Waals surface area contributed by atoms with Gasteiger partial charge in [0.05, 0.1) is 22.5 Å². The van der Waals surface area contributed by atoms with Crippen molar-refractivity contribution in [2.75, 3.05) is 12.4 Å². The second kappa shape index (κ2) is 5.14. The number of nitrogens with one attached hydrogen (secondary N) is 1. The van der Waals surface area contributed by atoms with E-state index in [0.717, 1.165) is 24.2 Å². The van der Waals surface area contributed by atoms with Crippen LogP contribution in [-0.2, 0) is 4.74 Å². The third-order valence-electron chi connectivity index (χ3n) is 3.35. The second-order valence-corrected chi connectivity index (χ2v) is 5.00. The lowest BCUT2D eigenvalue weighted by Crippen LogP contribution is -2.40. The van der Waals surface area contributed by atoms with Crippen LogP contribution in [0.1, 0.15) is 12.8 Å². The summed E-state index contributed by atoms with van der Waals surface area (Å²) in [5, 5.41) is 15.2. The topological polar surface area (TPSA) is 64.9 Å². The van der Waals surface area contributed by atoms with E-state index >= 15 is 0 Å². The van der Waals surface area contributed by atoms with E-state index in [1.54, 1.807) is 18.1 Å². The van der Waals surface area contributed by atoms with Gasteiger partial charge in [0.1, 0.15) is 6.33 Å². The molecular formula is C12H14ClN5O. The third kappa shape index (κ3) is 2.54. The molecule has 1 aliphatic rings. The molecule has 1 aromatic heterocycles. The molecule has 1 aliphatic carbocycles. The number of methoxy groups -OCH3 is 1. The summed E-state index contributed by atoms with van der Waals surface area (Å²) in [6, 6.07) is 6.07. The van der Waals surface area contributed by atoms with E-state index in [-0.39, 0.29) is 0 Å². The smallest absolute Gasteiger partial charge is 0.143 e. The van der Waals surface area contributed by atoms with Crippen molar-refractivity contribution in [3.8, 4) is 5.69 Å². The van der Waals surface area contributed by atoms with E-state index in [4.69, 9.17) is 16.3 Å². The molecule has 19 heavy (non-hydrogen) atoms. The van der Waals surface area contributed by atoms with Gasteiger partial charge in [0.25, 0.3) is 0 Å². The number of aromatic nitrogens is 4. The molecule has 0 unspecified atom stereocenters. The average Bonchev–Trinajstić information content (AvgIpc) is 2.89. The van der Waals surface area contributed by atoms with Gasteiger partial charge in [-0.3, -0.25) is 0 Å². The Kier molecular flexibility index (Phi) is 3.35. The zero-order chi connectivity index (χ0) is 13.2. The molecule has 0 bridgehead atoms. The second-order valence-electron chi connectivity index (χ2n) is 4.59. The van der Waals surface area contributed by atoms with Gasteiger partial charge in [-0.15, -0.1) is 5.10 Å². The van der Waals surface area contributed by atoms with Crippen LogP contribution in [0.2, 0.25) is 5.02 Å². The van der Waals surface area contributed by atoms with Gasteiger partial charge in [0.15, 0.2) is 0 Å². The maximum atomic E-state index is 6.20. The van der Waals surface area contributed by atoms with Gasteiger partial charge in [-0.25, -0.2) is 4.68 Å². The Labute approximate surface area is 115 Å². The van der Waals surface area contributed by atoms with Crippen LogP contribution < -0.4 is 5.32 Å². The average molecular weight is 280 g/mol. The van der Waals surface area contributed by atoms with Crippen LogP contribution in [0.15, 0.2) is 24.5 Å². The Balaban J connectivity index is 1.76. The number of hydrogen-bond donors (Lipinski definition) is 1. The Morgan fingerprint density at radius 2 is 2.26 bits per heavy atom. The minimum atomic E-state index is 0.360. The van der Waals surface area contributed by atoms with Gasteiger partial charge in [-0.2, -0.15) is 0 Å². The summed E-state index contributed by atoms with van der Waals surface area (Å²) in [5.74, 6) is 0. The molecule has 1 saturated carbocycles. The summed E-state index contributed by atoms with van der Waals surface area (Å²) < 4.78 is 6.86. The lowest BCUT2D eigenvalue weighted by molar-refractivity contribution is 0.0329. The molecule has 0 spiro atoms. The molecule has 0 atom stereocenters. The number of anilines is 1. The van der Waals surface area contributed by atoms with Crippen molar-refractivity contribution in [2.24, 2.45) is 0 Å². The fraction of sp³-hybridized carbons (Fsp3) is 0.417. The molecule has 1 heterocycles. The Bertz CT molecular complexity index is 553. The van der Waals surface area contributed by atoms with Gasteiger partial charge in [0, 0.05) is 13.2 Å². The first-order chi connectivity index (χ1) is 9.26. The van der Waals surface area contributed by atoms with E-state index in [1.807, 2.05) is 18.2 Å². The molecule has 7 heteroatoms. The number of rotatable bonds is 4. The first-order valence-corrected chi connectivity index (χ1v) is 6.46.